The van der Waals surface area contributed by atoms with Gasteiger partial charge in [0, 0.05) is 12.5 Å². The van der Waals surface area contributed by atoms with Crippen LogP contribution in [0.15, 0.2) is 0 Å². The topological polar surface area (TPSA) is 102 Å². The van der Waals surface area contributed by atoms with E-state index in [0.29, 0.717) is 25.3 Å². The van der Waals surface area contributed by atoms with Crippen LogP contribution in [-0.4, -0.2) is 47.8 Å². The number of carbonyl (C=O) groups is 3. The average molecular weight is 334 g/mol. The van der Waals surface area contributed by atoms with E-state index in [1.54, 1.807) is 13.8 Å². The lowest BCUT2D eigenvalue weighted by Gasteiger charge is -2.25. The largest absolute Gasteiger partial charge is 0.347 e. The summed E-state index contributed by atoms with van der Waals surface area (Å²) in [5.41, 5.74) is 0. The van der Waals surface area contributed by atoms with Crippen molar-refractivity contribution in [3.8, 4) is 6.07 Å². The highest BCUT2D eigenvalue weighted by Crippen LogP contribution is 2.33. The number of nitrogens with zero attached hydrogens (tertiary/aromatic N) is 2. The molecule has 2 atom stereocenters. The van der Waals surface area contributed by atoms with Crippen LogP contribution in [0, 0.1) is 23.2 Å². The molecule has 2 fully saturated rings. The summed E-state index contributed by atoms with van der Waals surface area (Å²) in [4.78, 5) is 37.8. The lowest BCUT2D eigenvalue weighted by Crippen LogP contribution is -2.51. The van der Waals surface area contributed by atoms with Crippen LogP contribution in [0.1, 0.15) is 46.0 Å². The molecule has 0 radical (unpaired) electrons. The fraction of sp³-hybridized carbons (Fsp3) is 0.765. The second-order valence-electron chi connectivity index (χ2n) is 6.99. The first kappa shape index (κ1) is 18.2. The van der Waals surface area contributed by atoms with E-state index in [1.807, 2.05) is 0 Å². The third-order valence-electron chi connectivity index (χ3n) is 4.55. The van der Waals surface area contributed by atoms with Crippen molar-refractivity contribution >= 4 is 17.7 Å². The smallest absolute Gasteiger partial charge is 0.243 e. The number of likely N-dealkylation sites (tertiary alicyclic amines) is 1. The zero-order valence-electron chi connectivity index (χ0n) is 14.4. The summed E-state index contributed by atoms with van der Waals surface area (Å²) in [5.74, 6) is -0.338. The molecule has 7 heteroatoms. The summed E-state index contributed by atoms with van der Waals surface area (Å²) in [6.07, 6.45) is 4.28. The molecule has 1 saturated carbocycles. The lowest BCUT2D eigenvalue weighted by atomic mass is 10.1. The fourth-order valence-corrected chi connectivity index (χ4v) is 2.90. The van der Waals surface area contributed by atoms with Crippen LogP contribution in [0.5, 0.6) is 0 Å². The molecular weight excluding hydrogens is 308 g/mol. The van der Waals surface area contributed by atoms with Gasteiger partial charge in [0.05, 0.1) is 12.6 Å². The Kier molecular flexibility index (Phi) is 6.18. The summed E-state index contributed by atoms with van der Waals surface area (Å²) < 4.78 is 0. The maximum absolute atomic E-state index is 12.4. The van der Waals surface area contributed by atoms with Gasteiger partial charge in [0.2, 0.25) is 17.7 Å². The van der Waals surface area contributed by atoms with Gasteiger partial charge in [-0.25, -0.2) is 0 Å². The Labute approximate surface area is 142 Å². The van der Waals surface area contributed by atoms with Crippen LogP contribution in [0.25, 0.3) is 0 Å². The minimum absolute atomic E-state index is 0.0927. The Hall–Kier alpha value is -2.10. The minimum Gasteiger partial charge on any atom is -0.347 e. The maximum atomic E-state index is 12.4. The van der Waals surface area contributed by atoms with Crippen molar-refractivity contribution in [3.05, 3.63) is 0 Å². The molecule has 0 aromatic carbocycles. The molecule has 2 N–H and O–H groups in total. The number of rotatable bonds is 7. The second kappa shape index (κ2) is 8.13. The van der Waals surface area contributed by atoms with Gasteiger partial charge in [-0.3, -0.25) is 14.4 Å². The van der Waals surface area contributed by atoms with Crippen molar-refractivity contribution in [2.24, 2.45) is 11.8 Å². The molecule has 0 spiro atoms. The molecule has 1 aliphatic heterocycles. The predicted molar refractivity (Wildman–Crippen MR) is 87.5 cm³/mol. The number of hydrogen-bond acceptors (Lipinski definition) is 4. The van der Waals surface area contributed by atoms with E-state index in [1.165, 1.54) is 4.90 Å². The number of carbonyl (C=O) groups excluding carboxylic acids is 3. The van der Waals surface area contributed by atoms with Gasteiger partial charge in [0.15, 0.2) is 0 Å². The van der Waals surface area contributed by atoms with E-state index in [9.17, 15) is 19.6 Å². The average Bonchev–Trinajstić information content (AvgIpc) is 3.23. The number of amides is 3. The minimum atomic E-state index is -0.538. The summed E-state index contributed by atoms with van der Waals surface area (Å²) in [6, 6.07) is 1.11. The first-order valence-corrected chi connectivity index (χ1v) is 8.69. The summed E-state index contributed by atoms with van der Waals surface area (Å²) in [7, 11) is 0. The van der Waals surface area contributed by atoms with E-state index in [2.05, 4.69) is 16.7 Å². The monoisotopic (exact) mass is 334 g/mol. The van der Waals surface area contributed by atoms with Crippen LogP contribution in [0.3, 0.4) is 0 Å². The van der Waals surface area contributed by atoms with Gasteiger partial charge in [-0.1, -0.05) is 26.7 Å². The van der Waals surface area contributed by atoms with Crippen molar-refractivity contribution in [3.63, 3.8) is 0 Å². The number of nitrogens with one attached hydrogen (secondary N) is 2. The third-order valence-corrected chi connectivity index (χ3v) is 4.55. The van der Waals surface area contributed by atoms with Crippen molar-refractivity contribution in [2.75, 3.05) is 13.1 Å². The molecule has 0 aromatic rings. The molecule has 2 aliphatic rings. The SMILES string of the molecule is CC(C)C(=O)NCC(=O)N1CCC[C@H]1C(=O)NC(C#N)CC1CC1. The molecule has 24 heavy (non-hydrogen) atoms. The van der Waals surface area contributed by atoms with E-state index in [0.717, 1.165) is 19.3 Å². The Bertz CT molecular complexity index is 536. The standard InChI is InChI=1S/C17H26N4O3/c1-11(2)16(23)19-10-15(22)21-7-3-4-14(21)17(24)20-13(9-18)8-12-5-6-12/h11-14H,3-8,10H2,1-2H3,(H,19,23)(H,20,24)/t13?,14-/m0/s1. The van der Waals surface area contributed by atoms with Gasteiger partial charge in [-0.05, 0) is 25.2 Å². The summed E-state index contributed by atoms with van der Waals surface area (Å²) in [6.45, 7) is 3.93. The third kappa shape index (κ3) is 4.95. The van der Waals surface area contributed by atoms with E-state index < -0.39 is 12.1 Å². The lowest BCUT2D eigenvalue weighted by molar-refractivity contribution is -0.139. The van der Waals surface area contributed by atoms with E-state index in [-0.39, 0.29) is 30.2 Å². The van der Waals surface area contributed by atoms with Gasteiger partial charge in [0.1, 0.15) is 12.1 Å². The molecule has 2 rings (SSSR count). The Morgan fingerprint density at radius 2 is 1.96 bits per heavy atom. The first-order chi connectivity index (χ1) is 11.4. The van der Waals surface area contributed by atoms with Crippen molar-refractivity contribution < 1.29 is 14.4 Å². The highest BCUT2D eigenvalue weighted by Gasteiger charge is 2.35. The van der Waals surface area contributed by atoms with Gasteiger partial charge in [-0.15, -0.1) is 0 Å². The van der Waals surface area contributed by atoms with Crippen LogP contribution in [0.2, 0.25) is 0 Å². The molecule has 7 nitrogen and oxygen atoms in total. The van der Waals surface area contributed by atoms with Crippen LogP contribution < -0.4 is 10.6 Å². The quantitative estimate of drug-likeness (QED) is 0.710. The first-order valence-electron chi connectivity index (χ1n) is 8.69. The van der Waals surface area contributed by atoms with Crippen molar-refractivity contribution in [1.82, 2.24) is 15.5 Å². The molecule has 0 bridgehead atoms. The maximum Gasteiger partial charge on any atom is 0.243 e. The van der Waals surface area contributed by atoms with E-state index >= 15 is 0 Å². The fourth-order valence-electron chi connectivity index (χ4n) is 2.90. The molecule has 1 unspecified atom stereocenters. The number of nitriles is 1. The Balaban J connectivity index is 1.86. The van der Waals surface area contributed by atoms with Crippen molar-refractivity contribution in [2.45, 2.75) is 58.0 Å². The molecular formula is C17H26N4O3. The van der Waals surface area contributed by atoms with Gasteiger partial charge < -0.3 is 15.5 Å². The highest BCUT2D eigenvalue weighted by atomic mass is 16.2. The zero-order chi connectivity index (χ0) is 17.7. The number of hydrogen-bond donors (Lipinski definition) is 2. The predicted octanol–water partition coefficient (Wildman–Crippen LogP) is 0.558. The van der Waals surface area contributed by atoms with Crippen LogP contribution in [0.4, 0.5) is 0 Å². The van der Waals surface area contributed by atoms with Gasteiger partial charge in [0.25, 0.3) is 0 Å². The summed E-state index contributed by atoms with van der Waals surface area (Å²) in [5, 5.41) is 14.5. The van der Waals surface area contributed by atoms with Crippen LogP contribution >= 0.6 is 0 Å². The molecule has 3 amide bonds. The summed E-state index contributed by atoms with van der Waals surface area (Å²) >= 11 is 0. The van der Waals surface area contributed by atoms with Crippen LogP contribution in [-0.2, 0) is 14.4 Å². The van der Waals surface area contributed by atoms with Gasteiger partial charge >= 0.3 is 0 Å². The molecule has 132 valence electrons. The Morgan fingerprint density at radius 3 is 2.54 bits per heavy atom. The molecule has 1 saturated heterocycles. The normalized spacial score (nSPS) is 21.2. The second-order valence-corrected chi connectivity index (χ2v) is 6.99. The van der Waals surface area contributed by atoms with E-state index in [4.69, 9.17) is 0 Å². The Morgan fingerprint density at radius 1 is 1.25 bits per heavy atom. The molecule has 0 aromatic heterocycles. The molecule has 1 heterocycles. The zero-order valence-corrected chi connectivity index (χ0v) is 14.4. The molecule has 1 aliphatic carbocycles. The highest BCUT2D eigenvalue weighted by molar-refractivity contribution is 5.91. The van der Waals surface area contributed by atoms with Gasteiger partial charge in [-0.2, -0.15) is 5.26 Å². The van der Waals surface area contributed by atoms with Crippen molar-refractivity contribution in [1.29, 1.82) is 5.26 Å².